The van der Waals surface area contributed by atoms with Gasteiger partial charge in [0.1, 0.15) is 5.82 Å². The molecule has 3 rings (SSSR count). The highest BCUT2D eigenvalue weighted by Crippen LogP contribution is 2.30. The van der Waals surface area contributed by atoms with E-state index >= 15 is 0 Å². The molecule has 0 aliphatic heterocycles. The maximum absolute atomic E-state index is 14.4. The molecule has 2 aromatic carbocycles. The van der Waals surface area contributed by atoms with Crippen molar-refractivity contribution in [1.29, 1.82) is 0 Å². The Morgan fingerprint density at radius 3 is 2.53 bits per heavy atom. The van der Waals surface area contributed by atoms with Gasteiger partial charge in [-0.1, -0.05) is 49.4 Å². The minimum atomic E-state index is -3.04. The van der Waals surface area contributed by atoms with Crippen LogP contribution in [0.15, 0.2) is 61.2 Å². The first-order chi connectivity index (χ1) is 15.3. The number of alkyl halides is 2. The molecule has 0 saturated heterocycles. The lowest BCUT2D eigenvalue weighted by molar-refractivity contribution is -0.0232. The number of nitrogens with zero attached hydrogens (tertiary/aromatic N) is 3. The number of allylic oxidation sites excluding steroid dienone is 1. The molecule has 7 heteroatoms. The number of rotatable bonds is 11. The van der Waals surface area contributed by atoms with Gasteiger partial charge in [0, 0.05) is 12.8 Å². The SMILES string of the molecule is C=CCCc1nc(C(F)(F)CCC)nn1Cc1ccc(Cc2cccc(C(=O)O)c2)cc1. The van der Waals surface area contributed by atoms with Gasteiger partial charge < -0.3 is 5.11 Å². The van der Waals surface area contributed by atoms with Gasteiger partial charge in [0.2, 0.25) is 5.82 Å². The molecule has 0 fully saturated rings. The van der Waals surface area contributed by atoms with E-state index in [1.807, 2.05) is 30.3 Å². The Kier molecular flexibility index (Phi) is 7.51. The van der Waals surface area contributed by atoms with E-state index < -0.39 is 17.7 Å². The fraction of sp³-hybridized carbons (Fsp3) is 0.320. The standard InChI is InChI=1S/C25H27F2N3O2/c1-3-5-9-22-28-24(25(26,27)14-4-2)29-30(22)17-19-12-10-18(11-13-19)15-20-7-6-8-21(16-20)23(31)32/h3,6-8,10-13,16H,1,4-5,9,14-15,17H2,2H3,(H,31,32). The average Bonchev–Trinajstić information content (AvgIpc) is 3.17. The molecular weight excluding hydrogens is 412 g/mol. The van der Waals surface area contributed by atoms with E-state index in [4.69, 9.17) is 5.11 Å². The average molecular weight is 440 g/mol. The number of carboxylic acids is 1. The second kappa shape index (κ2) is 10.3. The summed E-state index contributed by atoms with van der Waals surface area (Å²) < 4.78 is 30.3. The van der Waals surface area contributed by atoms with Gasteiger partial charge in [-0.3, -0.25) is 0 Å². The van der Waals surface area contributed by atoms with Gasteiger partial charge in [0.15, 0.2) is 0 Å². The Morgan fingerprint density at radius 2 is 1.88 bits per heavy atom. The maximum atomic E-state index is 14.4. The molecule has 32 heavy (non-hydrogen) atoms. The number of benzene rings is 2. The normalized spacial score (nSPS) is 11.5. The van der Waals surface area contributed by atoms with Crippen molar-refractivity contribution in [2.75, 3.05) is 0 Å². The first-order valence-corrected chi connectivity index (χ1v) is 10.7. The minimum Gasteiger partial charge on any atom is -0.478 e. The number of carbonyl (C=O) groups is 1. The molecule has 0 aliphatic rings. The molecule has 0 atom stereocenters. The van der Waals surface area contributed by atoms with E-state index in [1.165, 1.54) is 0 Å². The molecule has 1 aromatic heterocycles. The van der Waals surface area contributed by atoms with Crippen molar-refractivity contribution in [2.45, 2.75) is 51.5 Å². The molecule has 0 spiro atoms. The molecule has 0 bridgehead atoms. The Hall–Kier alpha value is -3.35. The van der Waals surface area contributed by atoms with E-state index in [0.29, 0.717) is 38.1 Å². The van der Waals surface area contributed by atoms with Gasteiger partial charge in [-0.15, -0.1) is 11.7 Å². The monoisotopic (exact) mass is 439 g/mol. The fourth-order valence-corrected chi connectivity index (χ4v) is 3.48. The summed E-state index contributed by atoms with van der Waals surface area (Å²) in [5.74, 6) is -3.90. The summed E-state index contributed by atoms with van der Waals surface area (Å²) in [5.41, 5.74) is 3.11. The Bertz CT molecular complexity index is 1080. The zero-order valence-corrected chi connectivity index (χ0v) is 18.1. The quantitative estimate of drug-likeness (QED) is 0.394. The predicted octanol–water partition coefficient (Wildman–Crippen LogP) is 5.63. The maximum Gasteiger partial charge on any atom is 0.335 e. The molecule has 1 heterocycles. The number of aromatic carboxylic acids is 1. The lowest BCUT2D eigenvalue weighted by atomic mass is 10.0. The topological polar surface area (TPSA) is 68.0 Å². The number of aryl methyl sites for hydroxylation is 1. The highest BCUT2D eigenvalue weighted by molar-refractivity contribution is 5.87. The molecule has 0 aliphatic carbocycles. The van der Waals surface area contributed by atoms with Crippen LogP contribution in [-0.4, -0.2) is 25.8 Å². The third-order valence-electron chi connectivity index (χ3n) is 5.15. The van der Waals surface area contributed by atoms with Gasteiger partial charge in [-0.25, -0.2) is 14.5 Å². The van der Waals surface area contributed by atoms with Crippen molar-refractivity contribution < 1.29 is 18.7 Å². The number of hydrogen-bond donors (Lipinski definition) is 1. The summed E-state index contributed by atoms with van der Waals surface area (Å²) in [7, 11) is 0. The zero-order chi connectivity index (χ0) is 23.1. The van der Waals surface area contributed by atoms with Crippen LogP contribution in [-0.2, 0) is 25.3 Å². The van der Waals surface area contributed by atoms with Crippen LogP contribution in [0.5, 0.6) is 0 Å². The fourth-order valence-electron chi connectivity index (χ4n) is 3.48. The Morgan fingerprint density at radius 1 is 1.16 bits per heavy atom. The second-order valence-corrected chi connectivity index (χ2v) is 7.79. The number of hydrogen-bond acceptors (Lipinski definition) is 3. The Balaban J connectivity index is 1.76. The molecule has 168 valence electrons. The summed E-state index contributed by atoms with van der Waals surface area (Å²) >= 11 is 0. The van der Waals surface area contributed by atoms with E-state index in [-0.39, 0.29) is 12.0 Å². The largest absolute Gasteiger partial charge is 0.478 e. The second-order valence-electron chi connectivity index (χ2n) is 7.79. The van der Waals surface area contributed by atoms with Crippen LogP contribution >= 0.6 is 0 Å². The van der Waals surface area contributed by atoms with Crippen LogP contribution in [0.4, 0.5) is 8.78 Å². The Labute approximate surface area is 186 Å². The summed E-state index contributed by atoms with van der Waals surface area (Å²) in [6.07, 6.45) is 3.53. The molecule has 1 N–H and O–H groups in total. The van der Waals surface area contributed by atoms with Crippen molar-refractivity contribution in [2.24, 2.45) is 0 Å². The van der Waals surface area contributed by atoms with Crippen molar-refractivity contribution >= 4 is 5.97 Å². The predicted molar refractivity (Wildman–Crippen MR) is 119 cm³/mol. The van der Waals surface area contributed by atoms with Crippen molar-refractivity contribution in [3.05, 3.63) is 95.1 Å². The van der Waals surface area contributed by atoms with Crippen LogP contribution in [0.25, 0.3) is 0 Å². The summed E-state index contributed by atoms with van der Waals surface area (Å²) in [5, 5.41) is 13.3. The van der Waals surface area contributed by atoms with E-state index in [9.17, 15) is 13.6 Å². The minimum absolute atomic E-state index is 0.257. The number of halogens is 2. The molecular formula is C25H27F2N3O2. The third-order valence-corrected chi connectivity index (χ3v) is 5.15. The van der Waals surface area contributed by atoms with Gasteiger partial charge >= 0.3 is 11.9 Å². The van der Waals surface area contributed by atoms with Crippen LogP contribution in [0, 0.1) is 0 Å². The highest BCUT2D eigenvalue weighted by Gasteiger charge is 2.36. The van der Waals surface area contributed by atoms with Gasteiger partial charge in [-0.05, 0) is 48.1 Å². The van der Waals surface area contributed by atoms with Crippen LogP contribution in [0.1, 0.15) is 64.9 Å². The van der Waals surface area contributed by atoms with Gasteiger partial charge in [0.25, 0.3) is 0 Å². The van der Waals surface area contributed by atoms with Crippen molar-refractivity contribution in [3.8, 4) is 0 Å². The van der Waals surface area contributed by atoms with Crippen LogP contribution < -0.4 is 0 Å². The molecule has 0 saturated carbocycles. The summed E-state index contributed by atoms with van der Waals surface area (Å²) in [6, 6.07) is 14.6. The molecule has 3 aromatic rings. The van der Waals surface area contributed by atoms with Crippen molar-refractivity contribution in [1.82, 2.24) is 14.8 Å². The lowest BCUT2D eigenvalue weighted by Gasteiger charge is -2.10. The highest BCUT2D eigenvalue weighted by atomic mass is 19.3. The first kappa shape index (κ1) is 23.3. The summed E-state index contributed by atoms with van der Waals surface area (Å²) in [4.78, 5) is 15.3. The van der Waals surface area contributed by atoms with Gasteiger partial charge in [0.05, 0.1) is 12.1 Å². The van der Waals surface area contributed by atoms with Crippen molar-refractivity contribution in [3.63, 3.8) is 0 Å². The third kappa shape index (κ3) is 5.87. The molecule has 0 amide bonds. The van der Waals surface area contributed by atoms with Crippen LogP contribution in [0.3, 0.4) is 0 Å². The molecule has 0 unspecified atom stereocenters. The number of aromatic nitrogens is 3. The van der Waals surface area contributed by atoms with Gasteiger partial charge in [-0.2, -0.15) is 8.78 Å². The van der Waals surface area contributed by atoms with E-state index in [0.717, 1.165) is 16.7 Å². The van der Waals surface area contributed by atoms with E-state index in [2.05, 4.69) is 16.7 Å². The number of carboxylic acid groups (broad SMARTS) is 1. The zero-order valence-electron chi connectivity index (χ0n) is 18.1. The lowest BCUT2D eigenvalue weighted by Crippen LogP contribution is -2.15. The smallest absolute Gasteiger partial charge is 0.335 e. The van der Waals surface area contributed by atoms with E-state index in [1.54, 1.807) is 35.9 Å². The molecule has 0 radical (unpaired) electrons. The van der Waals surface area contributed by atoms with Crippen LogP contribution in [0.2, 0.25) is 0 Å². The summed E-state index contributed by atoms with van der Waals surface area (Å²) in [6.45, 7) is 5.75. The molecule has 5 nitrogen and oxygen atoms in total. The first-order valence-electron chi connectivity index (χ1n) is 10.7.